The second-order valence-corrected chi connectivity index (χ2v) is 10.8. The minimum absolute atomic E-state index is 0.0137. The number of hydrogen-bond acceptors (Lipinski definition) is 5. The molecule has 9 heteroatoms. The standard InChI is InChI=1S/C26H30N4O4S/c1-15-9-12-22(17(3)13-15)28-25(31)18(4)30-26(32)21-8-6-5-7-20(21)24(29-30)19-11-10-16(2)23(14-19)35(27,33)34/h9-14,18H,5-8H2,1-4H3,(H,28,31)(H2,27,33,34)/t18-/m0/s1. The van der Waals surface area contributed by atoms with Gasteiger partial charge >= 0.3 is 0 Å². The number of primary sulfonamides is 1. The Morgan fingerprint density at radius 2 is 1.71 bits per heavy atom. The van der Waals surface area contributed by atoms with Crippen molar-refractivity contribution in [3.05, 3.63) is 74.6 Å². The van der Waals surface area contributed by atoms with Gasteiger partial charge in [-0.05, 0) is 82.2 Å². The summed E-state index contributed by atoms with van der Waals surface area (Å²) in [5.74, 6) is -0.359. The average molecular weight is 495 g/mol. The van der Waals surface area contributed by atoms with Crippen LogP contribution in [0, 0.1) is 20.8 Å². The zero-order chi connectivity index (χ0) is 25.5. The van der Waals surface area contributed by atoms with Crippen LogP contribution in [0.1, 0.15) is 53.6 Å². The number of fused-ring (bicyclic) bond motifs is 1. The maximum Gasteiger partial charge on any atom is 0.271 e. The quantitative estimate of drug-likeness (QED) is 0.561. The first-order valence-corrected chi connectivity index (χ1v) is 13.2. The molecule has 0 aliphatic heterocycles. The van der Waals surface area contributed by atoms with Gasteiger partial charge in [0.1, 0.15) is 6.04 Å². The number of sulfonamides is 1. The highest BCUT2D eigenvalue weighted by Crippen LogP contribution is 2.31. The predicted molar refractivity (Wildman–Crippen MR) is 136 cm³/mol. The van der Waals surface area contributed by atoms with Crippen molar-refractivity contribution in [1.82, 2.24) is 9.78 Å². The highest BCUT2D eigenvalue weighted by molar-refractivity contribution is 7.89. The highest BCUT2D eigenvalue weighted by atomic mass is 32.2. The van der Waals surface area contributed by atoms with Crippen LogP contribution < -0.4 is 16.0 Å². The lowest BCUT2D eigenvalue weighted by molar-refractivity contribution is -0.119. The number of nitrogens with one attached hydrogen (secondary N) is 1. The molecule has 0 unspecified atom stereocenters. The van der Waals surface area contributed by atoms with E-state index in [2.05, 4.69) is 10.4 Å². The van der Waals surface area contributed by atoms with Crippen molar-refractivity contribution in [1.29, 1.82) is 0 Å². The number of nitrogens with two attached hydrogens (primary N) is 1. The molecule has 1 atom stereocenters. The molecule has 4 rings (SSSR count). The first-order chi connectivity index (χ1) is 16.5. The Labute approximate surface area is 205 Å². The van der Waals surface area contributed by atoms with E-state index in [-0.39, 0.29) is 16.4 Å². The van der Waals surface area contributed by atoms with E-state index in [9.17, 15) is 18.0 Å². The molecule has 3 aromatic rings. The van der Waals surface area contributed by atoms with Crippen LogP contribution >= 0.6 is 0 Å². The molecule has 0 spiro atoms. The van der Waals surface area contributed by atoms with E-state index in [1.165, 1.54) is 10.7 Å². The Bertz CT molecular complexity index is 1490. The number of rotatable bonds is 5. The molecule has 1 aliphatic rings. The van der Waals surface area contributed by atoms with Crippen molar-refractivity contribution in [2.75, 3.05) is 5.32 Å². The second kappa shape index (κ2) is 9.39. The average Bonchev–Trinajstić information content (AvgIpc) is 2.80. The van der Waals surface area contributed by atoms with E-state index < -0.39 is 16.1 Å². The van der Waals surface area contributed by atoms with Gasteiger partial charge in [-0.1, -0.05) is 29.8 Å². The summed E-state index contributed by atoms with van der Waals surface area (Å²) in [6.07, 6.45) is 3.02. The maximum atomic E-state index is 13.4. The largest absolute Gasteiger partial charge is 0.324 e. The highest BCUT2D eigenvalue weighted by Gasteiger charge is 2.26. The van der Waals surface area contributed by atoms with Crippen molar-refractivity contribution >= 4 is 21.6 Å². The number of aryl methyl sites for hydroxylation is 3. The number of anilines is 1. The molecule has 184 valence electrons. The third kappa shape index (κ3) is 4.92. The van der Waals surface area contributed by atoms with Gasteiger partial charge in [-0.25, -0.2) is 18.2 Å². The summed E-state index contributed by atoms with van der Waals surface area (Å²) in [7, 11) is -3.94. The lowest BCUT2D eigenvalue weighted by Gasteiger charge is -2.23. The van der Waals surface area contributed by atoms with Crippen LogP contribution in [0.3, 0.4) is 0 Å². The predicted octanol–water partition coefficient (Wildman–Crippen LogP) is 3.56. The van der Waals surface area contributed by atoms with Gasteiger partial charge in [-0.3, -0.25) is 9.59 Å². The van der Waals surface area contributed by atoms with Gasteiger partial charge < -0.3 is 5.32 Å². The van der Waals surface area contributed by atoms with Crippen LogP contribution in [0.15, 0.2) is 46.1 Å². The molecule has 8 nitrogen and oxygen atoms in total. The fourth-order valence-electron chi connectivity index (χ4n) is 4.60. The zero-order valence-corrected chi connectivity index (χ0v) is 21.2. The van der Waals surface area contributed by atoms with Crippen molar-refractivity contribution in [3.63, 3.8) is 0 Å². The molecule has 2 aromatic carbocycles. The van der Waals surface area contributed by atoms with Gasteiger partial charge in [-0.15, -0.1) is 0 Å². The van der Waals surface area contributed by atoms with Crippen LogP contribution in [-0.4, -0.2) is 24.1 Å². The summed E-state index contributed by atoms with van der Waals surface area (Å²) < 4.78 is 25.4. The van der Waals surface area contributed by atoms with Crippen LogP contribution in [0.5, 0.6) is 0 Å². The molecule has 0 radical (unpaired) electrons. The smallest absolute Gasteiger partial charge is 0.271 e. The van der Waals surface area contributed by atoms with Gasteiger partial charge in [0.05, 0.1) is 10.6 Å². The second-order valence-electron chi connectivity index (χ2n) is 9.27. The third-order valence-electron chi connectivity index (χ3n) is 6.58. The summed E-state index contributed by atoms with van der Waals surface area (Å²) in [6.45, 7) is 7.20. The Hall–Kier alpha value is -3.30. The minimum atomic E-state index is -3.94. The van der Waals surface area contributed by atoms with Crippen molar-refractivity contribution < 1.29 is 13.2 Å². The summed E-state index contributed by atoms with van der Waals surface area (Å²) in [5, 5.41) is 12.9. The van der Waals surface area contributed by atoms with Gasteiger partial charge in [0.15, 0.2) is 0 Å². The monoisotopic (exact) mass is 494 g/mol. The van der Waals surface area contributed by atoms with Gasteiger partial charge in [0.2, 0.25) is 15.9 Å². The van der Waals surface area contributed by atoms with Crippen LogP contribution in [-0.2, 0) is 27.7 Å². The Balaban J connectivity index is 1.82. The fourth-order valence-corrected chi connectivity index (χ4v) is 5.41. The normalized spacial score (nSPS) is 14.3. The number of hydrogen-bond donors (Lipinski definition) is 2. The zero-order valence-electron chi connectivity index (χ0n) is 20.4. The minimum Gasteiger partial charge on any atom is -0.324 e. The van der Waals surface area contributed by atoms with Gasteiger partial charge in [0, 0.05) is 16.8 Å². The number of carbonyl (C=O) groups is 1. The van der Waals surface area contributed by atoms with Crippen molar-refractivity contribution in [2.24, 2.45) is 5.14 Å². The van der Waals surface area contributed by atoms with E-state index in [1.807, 2.05) is 32.0 Å². The third-order valence-corrected chi connectivity index (χ3v) is 7.63. The Morgan fingerprint density at radius 3 is 2.37 bits per heavy atom. The molecule has 0 saturated heterocycles. The summed E-state index contributed by atoms with van der Waals surface area (Å²) in [5.41, 5.74) is 5.42. The molecule has 1 aromatic heterocycles. The fraction of sp³-hybridized carbons (Fsp3) is 0.346. The molecule has 1 aliphatic carbocycles. The molecule has 1 amide bonds. The molecular weight excluding hydrogens is 464 g/mol. The SMILES string of the molecule is Cc1ccc(NC(=O)[C@H](C)n2nc(-c3ccc(C)c(S(N)(=O)=O)c3)c3c(c2=O)CCCC3)c(C)c1. The number of benzene rings is 2. The molecular formula is C26H30N4O4S. The number of aromatic nitrogens is 2. The number of nitrogens with zero attached hydrogens (tertiary/aromatic N) is 2. The summed E-state index contributed by atoms with van der Waals surface area (Å²) in [6, 6.07) is 9.80. The van der Waals surface area contributed by atoms with Gasteiger partial charge in [-0.2, -0.15) is 5.10 Å². The molecule has 0 bridgehead atoms. The van der Waals surface area contributed by atoms with E-state index in [1.54, 1.807) is 26.0 Å². The first-order valence-electron chi connectivity index (χ1n) is 11.6. The molecule has 0 saturated carbocycles. The van der Waals surface area contributed by atoms with Crippen LogP contribution in [0.2, 0.25) is 0 Å². The van der Waals surface area contributed by atoms with Gasteiger partial charge in [0.25, 0.3) is 5.56 Å². The topological polar surface area (TPSA) is 124 Å². The lowest BCUT2D eigenvalue weighted by Crippen LogP contribution is -2.37. The Morgan fingerprint density at radius 1 is 1.03 bits per heavy atom. The lowest BCUT2D eigenvalue weighted by atomic mass is 9.89. The number of amides is 1. The first kappa shape index (κ1) is 24.8. The summed E-state index contributed by atoms with van der Waals surface area (Å²) >= 11 is 0. The van der Waals surface area contributed by atoms with E-state index in [4.69, 9.17) is 5.14 Å². The molecule has 35 heavy (non-hydrogen) atoms. The van der Waals surface area contributed by atoms with Crippen LogP contribution in [0.25, 0.3) is 11.3 Å². The van der Waals surface area contributed by atoms with E-state index >= 15 is 0 Å². The van der Waals surface area contributed by atoms with Crippen LogP contribution in [0.4, 0.5) is 5.69 Å². The van der Waals surface area contributed by atoms with E-state index in [0.29, 0.717) is 40.9 Å². The summed E-state index contributed by atoms with van der Waals surface area (Å²) in [4.78, 5) is 26.5. The molecule has 3 N–H and O–H groups in total. The van der Waals surface area contributed by atoms with Crippen molar-refractivity contribution in [3.8, 4) is 11.3 Å². The van der Waals surface area contributed by atoms with Crippen molar-refractivity contribution in [2.45, 2.75) is 64.3 Å². The molecule has 0 fully saturated rings. The number of carbonyl (C=O) groups excluding carboxylic acids is 1. The molecule has 1 heterocycles. The Kier molecular flexibility index (Phi) is 6.66. The maximum absolute atomic E-state index is 13.4. The van der Waals surface area contributed by atoms with E-state index in [0.717, 1.165) is 29.5 Å².